The SMILES string of the molecule is CC(Oc1c(F)c(-c2cnn(C)c2)cc2ncnc(Nc3ccc4ncsc4c3F)c12)C1COC1. The molecule has 1 unspecified atom stereocenters. The van der Waals surface area contributed by atoms with Crippen LogP contribution in [0.1, 0.15) is 6.92 Å². The zero-order valence-electron chi connectivity index (χ0n) is 18.8. The fourth-order valence-electron chi connectivity index (χ4n) is 4.07. The molecule has 2 aromatic carbocycles. The second-order valence-electron chi connectivity index (χ2n) is 8.46. The van der Waals surface area contributed by atoms with Gasteiger partial charge in [0.25, 0.3) is 0 Å². The summed E-state index contributed by atoms with van der Waals surface area (Å²) >= 11 is 1.21. The summed E-state index contributed by atoms with van der Waals surface area (Å²) in [6, 6.07) is 4.93. The molecule has 0 radical (unpaired) electrons. The molecule has 1 N–H and O–H groups in total. The fraction of sp³-hybridized carbons (Fsp3) is 0.250. The molecule has 11 heteroatoms. The van der Waals surface area contributed by atoms with Gasteiger partial charge in [0.2, 0.25) is 0 Å². The average molecular weight is 495 g/mol. The van der Waals surface area contributed by atoms with Crippen LogP contribution in [0.3, 0.4) is 0 Å². The summed E-state index contributed by atoms with van der Waals surface area (Å²) < 4.78 is 44.7. The van der Waals surface area contributed by atoms with Crippen LogP contribution in [-0.4, -0.2) is 44.1 Å². The van der Waals surface area contributed by atoms with Gasteiger partial charge in [-0.25, -0.2) is 23.7 Å². The van der Waals surface area contributed by atoms with Crippen LogP contribution in [0.15, 0.2) is 42.4 Å². The summed E-state index contributed by atoms with van der Waals surface area (Å²) in [5.74, 6) is -0.635. The Kier molecular flexibility index (Phi) is 5.30. The van der Waals surface area contributed by atoms with Crippen LogP contribution >= 0.6 is 11.3 Å². The lowest BCUT2D eigenvalue weighted by Gasteiger charge is -2.32. The highest BCUT2D eigenvalue weighted by atomic mass is 32.1. The molecule has 1 atom stereocenters. The van der Waals surface area contributed by atoms with Crippen LogP contribution in [0.2, 0.25) is 0 Å². The second kappa shape index (κ2) is 8.51. The van der Waals surface area contributed by atoms with Crippen molar-refractivity contribution < 1.29 is 18.3 Å². The maximum Gasteiger partial charge on any atom is 0.173 e. The lowest BCUT2D eigenvalue weighted by Crippen LogP contribution is -2.39. The van der Waals surface area contributed by atoms with Crippen molar-refractivity contribution in [2.75, 3.05) is 18.5 Å². The van der Waals surface area contributed by atoms with Crippen LogP contribution in [-0.2, 0) is 11.8 Å². The van der Waals surface area contributed by atoms with E-state index in [2.05, 4.69) is 25.4 Å². The first kappa shape index (κ1) is 21.8. The lowest BCUT2D eigenvalue weighted by molar-refractivity contribution is -0.0779. The largest absolute Gasteiger partial charge is 0.486 e. The molecular formula is C24H20F2N6O2S. The highest BCUT2D eigenvalue weighted by molar-refractivity contribution is 7.16. The van der Waals surface area contributed by atoms with E-state index in [0.29, 0.717) is 45.5 Å². The van der Waals surface area contributed by atoms with Crippen molar-refractivity contribution in [3.63, 3.8) is 0 Å². The summed E-state index contributed by atoms with van der Waals surface area (Å²) in [5, 5.41) is 7.51. The second-order valence-corrected chi connectivity index (χ2v) is 9.31. The molecule has 6 rings (SSSR count). The number of nitrogens with one attached hydrogen (secondary N) is 1. The van der Waals surface area contributed by atoms with Crippen molar-refractivity contribution in [3.8, 4) is 16.9 Å². The molecule has 178 valence electrons. The van der Waals surface area contributed by atoms with Crippen molar-refractivity contribution in [1.29, 1.82) is 0 Å². The van der Waals surface area contributed by atoms with E-state index in [0.717, 1.165) is 0 Å². The van der Waals surface area contributed by atoms with Gasteiger partial charge in [0.05, 0.1) is 51.7 Å². The maximum absolute atomic E-state index is 16.1. The molecule has 1 aliphatic rings. The number of aryl methyl sites for hydroxylation is 1. The average Bonchev–Trinajstić information content (AvgIpc) is 3.45. The molecule has 0 spiro atoms. The third-order valence-corrected chi connectivity index (χ3v) is 6.99. The summed E-state index contributed by atoms with van der Waals surface area (Å²) in [5.41, 5.74) is 3.70. The van der Waals surface area contributed by atoms with Crippen molar-refractivity contribution in [3.05, 3.63) is 54.1 Å². The summed E-state index contributed by atoms with van der Waals surface area (Å²) in [6.45, 7) is 2.97. The van der Waals surface area contributed by atoms with Gasteiger partial charge in [-0.2, -0.15) is 5.10 Å². The molecule has 35 heavy (non-hydrogen) atoms. The Bertz CT molecular complexity index is 1570. The summed E-state index contributed by atoms with van der Waals surface area (Å²) in [7, 11) is 1.76. The minimum absolute atomic E-state index is 0.00290. The van der Waals surface area contributed by atoms with Crippen molar-refractivity contribution >= 4 is 44.0 Å². The Hall–Kier alpha value is -3.70. The van der Waals surface area contributed by atoms with E-state index in [1.807, 2.05) is 6.92 Å². The number of hydrogen-bond acceptors (Lipinski definition) is 8. The molecule has 0 amide bonds. The molecule has 0 bridgehead atoms. The normalized spacial score (nSPS) is 14.9. The topological polar surface area (TPSA) is 87.0 Å². The van der Waals surface area contributed by atoms with Crippen molar-refractivity contribution in [2.45, 2.75) is 13.0 Å². The molecule has 8 nitrogen and oxygen atoms in total. The predicted octanol–water partition coefficient (Wildman–Crippen LogP) is 5.08. The molecule has 1 saturated heterocycles. The number of hydrogen-bond donors (Lipinski definition) is 1. The van der Waals surface area contributed by atoms with Gasteiger partial charge in [-0.3, -0.25) is 4.68 Å². The Morgan fingerprint density at radius 3 is 2.77 bits per heavy atom. The molecule has 3 aromatic heterocycles. The first-order valence-corrected chi connectivity index (χ1v) is 11.9. The standard InChI is InChI=1S/C24H20F2N6O2S/c1-12(14-8-33-9-14)34-22-19-18(5-15(20(22)25)13-6-30-32(2)7-13)27-10-28-24(19)31-16-3-4-17-23(21(16)26)35-11-29-17/h3-7,10-12,14H,8-9H2,1-2H3,(H,27,28,31). The summed E-state index contributed by atoms with van der Waals surface area (Å²) in [4.78, 5) is 12.8. The number of fused-ring (bicyclic) bond motifs is 2. The third kappa shape index (κ3) is 3.76. The number of anilines is 2. The Balaban J connectivity index is 1.52. The number of thiazole rings is 1. The highest BCUT2D eigenvalue weighted by Crippen LogP contribution is 2.41. The van der Waals surface area contributed by atoms with E-state index < -0.39 is 11.6 Å². The Morgan fingerprint density at radius 1 is 1.17 bits per heavy atom. The maximum atomic E-state index is 16.1. The molecular weight excluding hydrogens is 474 g/mol. The molecule has 1 fully saturated rings. The minimum Gasteiger partial charge on any atom is -0.486 e. The fourth-order valence-corrected chi connectivity index (χ4v) is 4.79. The number of ether oxygens (including phenoxy) is 2. The number of nitrogens with zero attached hydrogens (tertiary/aromatic N) is 5. The van der Waals surface area contributed by atoms with Gasteiger partial charge >= 0.3 is 0 Å². The van der Waals surface area contributed by atoms with E-state index in [1.54, 1.807) is 47.8 Å². The van der Waals surface area contributed by atoms with Crippen LogP contribution in [0.4, 0.5) is 20.3 Å². The van der Waals surface area contributed by atoms with Gasteiger partial charge in [0, 0.05) is 30.3 Å². The van der Waals surface area contributed by atoms with E-state index in [4.69, 9.17) is 9.47 Å². The number of aromatic nitrogens is 5. The lowest BCUT2D eigenvalue weighted by atomic mass is 10.0. The van der Waals surface area contributed by atoms with Gasteiger partial charge in [-0.1, -0.05) is 0 Å². The molecule has 4 heterocycles. The number of halogens is 2. The van der Waals surface area contributed by atoms with Crippen LogP contribution < -0.4 is 10.1 Å². The van der Waals surface area contributed by atoms with Gasteiger partial charge in [0.1, 0.15) is 18.2 Å². The number of benzene rings is 2. The van der Waals surface area contributed by atoms with Gasteiger partial charge in [0.15, 0.2) is 17.4 Å². The van der Waals surface area contributed by atoms with Crippen molar-refractivity contribution in [2.24, 2.45) is 13.0 Å². The smallest absolute Gasteiger partial charge is 0.173 e. The highest BCUT2D eigenvalue weighted by Gasteiger charge is 2.30. The Labute approximate surface area is 202 Å². The zero-order valence-corrected chi connectivity index (χ0v) is 19.6. The van der Waals surface area contributed by atoms with Gasteiger partial charge < -0.3 is 14.8 Å². The van der Waals surface area contributed by atoms with E-state index in [9.17, 15) is 0 Å². The molecule has 0 saturated carbocycles. The van der Waals surface area contributed by atoms with E-state index in [1.165, 1.54) is 17.7 Å². The first-order chi connectivity index (χ1) is 17.0. The Morgan fingerprint density at radius 2 is 2.03 bits per heavy atom. The predicted molar refractivity (Wildman–Crippen MR) is 129 cm³/mol. The quantitative estimate of drug-likeness (QED) is 0.352. The molecule has 0 aliphatic carbocycles. The van der Waals surface area contributed by atoms with Crippen LogP contribution in [0.25, 0.3) is 32.2 Å². The zero-order chi connectivity index (χ0) is 24.1. The minimum atomic E-state index is -0.561. The van der Waals surface area contributed by atoms with E-state index in [-0.39, 0.29) is 29.3 Å². The number of rotatable bonds is 6. The van der Waals surface area contributed by atoms with Crippen molar-refractivity contribution in [1.82, 2.24) is 24.7 Å². The van der Waals surface area contributed by atoms with E-state index >= 15 is 8.78 Å². The first-order valence-electron chi connectivity index (χ1n) is 11.0. The van der Waals surface area contributed by atoms with Crippen LogP contribution in [0.5, 0.6) is 5.75 Å². The molecule has 1 aliphatic heterocycles. The van der Waals surface area contributed by atoms with Gasteiger partial charge in [-0.05, 0) is 25.1 Å². The summed E-state index contributed by atoms with van der Waals surface area (Å²) in [6.07, 6.45) is 4.34. The third-order valence-electron chi connectivity index (χ3n) is 6.16. The monoisotopic (exact) mass is 494 g/mol. The van der Waals surface area contributed by atoms with Crippen LogP contribution in [0, 0.1) is 17.6 Å². The van der Waals surface area contributed by atoms with Gasteiger partial charge in [-0.15, -0.1) is 11.3 Å². The molecule has 5 aromatic rings.